The van der Waals surface area contributed by atoms with Crippen LogP contribution in [-0.2, 0) is 0 Å². The van der Waals surface area contributed by atoms with Gasteiger partial charge in [-0.1, -0.05) is 0 Å². The maximum absolute atomic E-state index is 13.5. The molecule has 1 aromatic carbocycles. The molecule has 0 amide bonds. The van der Waals surface area contributed by atoms with Gasteiger partial charge in [-0.15, -0.1) is 0 Å². The molecule has 3 rings (SSSR count). The fourth-order valence-electron chi connectivity index (χ4n) is 2.51. The topological polar surface area (TPSA) is 59.3 Å². The van der Waals surface area contributed by atoms with E-state index in [1.165, 1.54) is 10.6 Å². The number of aryl methyl sites for hydroxylation is 1. The average Bonchev–Trinajstić information content (AvgIpc) is 3.07. The van der Waals surface area contributed by atoms with Gasteiger partial charge in [0.15, 0.2) is 0 Å². The number of rotatable bonds is 2. The summed E-state index contributed by atoms with van der Waals surface area (Å²) in [6, 6.07) is 1.76. The van der Waals surface area contributed by atoms with Crippen molar-refractivity contribution in [2.75, 3.05) is 0 Å². The number of aromatic nitrogens is 1. The highest BCUT2D eigenvalue weighted by molar-refractivity contribution is 5.93. The fourth-order valence-corrected chi connectivity index (χ4v) is 2.51. The van der Waals surface area contributed by atoms with Crippen LogP contribution in [0.1, 0.15) is 28.4 Å². The molecule has 0 aliphatic heterocycles. The standard InChI is InChI=1S/C14H11F2NO3/c1-6-2-7(15)3-8-12(6)17(11-4-10(11)16)5-9(13(8)18)14(19)20/h2-3,5,10-11H,4H2,1H3,(H,19,20)/t10-,11+/m0/s1. The summed E-state index contributed by atoms with van der Waals surface area (Å²) in [6.07, 6.45) is 0.363. The first kappa shape index (κ1) is 12.8. The lowest BCUT2D eigenvalue weighted by atomic mass is 10.1. The number of fused-ring (bicyclic) bond motifs is 1. The Bertz CT molecular complexity index is 797. The molecule has 0 unspecified atom stereocenters. The van der Waals surface area contributed by atoms with Gasteiger partial charge < -0.3 is 9.67 Å². The Hall–Kier alpha value is -2.24. The van der Waals surface area contributed by atoms with Crippen LogP contribution in [0, 0.1) is 12.7 Å². The summed E-state index contributed by atoms with van der Waals surface area (Å²) in [5.41, 5.74) is -0.344. The molecular formula is C14H11F2NO3. The van der Waals surface area contributed by atoms with Crippen molar-refractivity contribution < 1.29 is 18.7 Å². The first-order valence-corrected chi connectivity index (χ1v) is 6.12. The van der Waals surface area contributed by atoms with Gasteiger partial charge in [0.2, 0.25) is 5.43 Å². The van der Waals surface area contributed by atoms with Gasteiger partial charge in [-0.05, 0) is 24.6 Å². The predicted molar refractivity (Wildman–Crippen MR) is 68.4 cm³/mol. The SMILES string of the molecule is Cc1cc(F)cc2c(=O)c(C(=O)O)cn([C@@H]3C[C@@H]3F)c12. The van der Waals surface area contributed by atoms with E-state index in [1.54, 1.807) is 6.92 Å². The summed E-state index contributed by atoms with van der Waals surface area (Å²) >= 11 is 0. The highest BCUT2D eigenvalue weighted by Gasteiger charge is 2.40. The van der Waals surface area contributed by atoms with Gasteiger partial charge in [-0.2, -0.15) is 0 Å². The summed E-state index contributed by atoms with van der Waals surface area (Å²) in [5, 5.41) is 9.03. The molecule has 104 valence electrons. The van der Waals surface area contributed by atoms with Crippen LogP contribution in [0.4, 0.5) is 8.78 Å². The van der Waals surface area contributed by atoms with Crippen LogP contribution in [0.5, 0.6) is 0 Å². The average molecular weight is 279 g/mol. The molecule has 1 aliphatic rings. The van der Waals surface area contributed by atoms with Crippen molar-refractivity contribution in [2.45, 2.75) is 25.6 Å². The molecule has 1 N–H and O–H groups in total. The van der Waals surface area contributed by atoms with E-state index in [9.17, 15) is 18.4 Å². The van der Waals surface area contributed by atoms with E-state index in [2.05, 4.69) is 0 Å². The van der Waals surface area contributed by atoms with Crippen LogP contribution in [0.2, 0.25) is 0 Å². The molecule has 2 atom stereocenters. The molecule has 1 fully saturated rings. The van der Waals surface area contributed by atoms with E-state index in [-0.39, 0.29) is 11.8 Å². The Morgan fingerprint density at radius 2 is 2.10 bits per heavy atom. The highest BCUT2D eigenvalue weighted by atomic mass is 19.1. The Balaban J connectivity index is 2.45. The van der Waals surface area contributed by atoms with E-state index in [1.807, 2.05) is 0 Å². The molecule has 1 aromatic heterocycles. The molecule has 4 nitrogen and oxygen atoms in total. The van der Waals surface area contributed by atoms with Crippen LogP contribution in [0.15, 0.2) is 23.1 Å². The third-order valence-electron chi connectivity index (χ3n) is 3.55. The first-order valence-electron chi connectivity index (χ1n) is 6.12. The van der Waals surface area contributed by atoms with Crippen LogP contribution < -0.4 is 5.43 Å². The van der Waals surface area contributed by atoms with Crippen molar-refractivity contribution in [3.8, 4) is 0 Å². The number of carboxylic acids is 1. The van der Waals surface area contributed by atoms with Gasteiger partial charge in [-0.25, -0.2) is 13.6 Å². The third kappa shape index (κ3) is 1.79. The number of carbonyl (C=O) groups is 1. The molecule has 1 aliphatic carbocycles. The number of hydrogen-bond donors (Lipinski definition) is 1. The van der Waals surface area contributed by atoms with E-state index < -0.39 is 35.0 Å². The number of benzene rings is 1. The Labute approximate surface area is 112 Å². The molecule has 1 saturated carbocycles. The molecule has 6 heteroatoms. The second-order valence-electron chi connectivity index (χ2n) is 5.02. The Morgan fingerprint density at radius 3 is 2.65 bits per heavy atom. The monoisotopic (exact) mass is 279 g/mol. The number of halogens is 2. The van der Waals surface area contributed by atoms with E-state index in [0.29, 0.717) is 11.1 Å². The van der Waals surface area contributed by atoms with Crippen LogP contribution in [0.3, 0.4) is 0 Å². The van der Waals surface area contributed by atoms with Crippen LogP contribution >= 0.6 is 0 Å². The summed E-state index contributed by atoms with van der Waals surface area (Å²) in [4.78, 5) is 23.2. The minimum absolute atomic E-state index is 0.0264. The zero-order valence-electron chi connectivity index (χ0n) is 10.6. The lowest BCUT2D eigenvalue weighted by Gasteiger charge is -2.13. The summed E-state index contributed by atoms with van der Waals surface area (Å²) in [5.74, 6) is -2.02. The first-order chi connectivity index (χ1) is 9.40. The van der Waals surface area contributed by atoms with Gasteiger partial charge in [0.05, 0.1) is 11.6 Å². The van der Waals surface area contributed by atoms with Crippen molar-refractivity contribution >= 4 is 16.9 Å². The van der Waals surface area contributed by atoms with Gasteiger partial charge in [0.1, 0.15) is 17.6 Å². The normalized spacial score (nSPS) is 21.1. The maximum Gasteiger partial charge on any atom is 0.341 e. The molecular weight excluding hydrogens is 268 g/mol. The quantitative estimate of drug-likeness (QED) is 0.918. The van der Waals surface area contributed by atoms with Crippen LogP contribution in [0.25, 0.3) is 10.9 Å². The summed E-state index contributed by atoms with van der Waals surface area (Å²) in [6.45, 7) is 1.61. The lowest BCUT2D eigenvalue weighted by molar-refractivity contribution is 0.0694. The van der Waals surface area contributed by atoms with Gasteiger partial charge >= 0.3 is 5.97 Å². The zero-order chi connectivity index (χ0) is 14.6. The third-order valence-corrected chi connectivity index (χ3v) is 3.55. The summed E-state index contributed by atoms with van der Waals surface area (Å²) < 4.78 is 28.2. The number of alkyl halides is 1. The largest absolute Gasteiger partial charge is 0.477 e. The van der Waals surface area contributed by atoms with Crippen molar-refractivity contribution in [1.29, 1.82) is 0 Å². The molecule has 0 radical (unpaired) electrons. The molecule has 1 heterocycles. The van der Waals surface area contributed by atoms with E-state index in [0.717, 1.165) is 12.3 Å². The van der Waals surface area contributed by atoms with Crippen molar-refractivity contribution in [1.82, 2.24) is 4.57 Å². The van der Waals surface area contributed by atoms with Crippen LogP contribution in [-0.4, -0.2) is 21.8 Å². The number of carboxylic acid groups (broad SMARTS) is 1. The van der Waals surface area contributed by atoms with E-state index >= 15 is 0 Å². The smallest absolute Gasteiger partial charge is 0.341 e. The maximum atomic E-state index is 13.5. The number of pyridine rings is 1. The summed E-state index contributed by atoms with van der Waals surface area (Å²) in [7, 11) is 0. The number of aromatic carboxylic acids is 1. The molecule has 0 bridgehead atoms. The Kier molecular flexibility index (Phi) is 2.64. The minimum Gasteiger partial charge on any atom is -0.477 e. The van der Waals surface area contributed by atoms with Gasteiger partial charge in [0, 0.05) is 18.0 Å². The fraction of sp³-hybridized carbons (Fsp3) is 0.286. The molecule has 20 heavy (non-hydrogen) atoms. The second kappa shape index (κ2) is 4.13. The predicted octanol–water partition coefficient (Wildman–Crippen LogP) is 2.43. The Morgan fingerprint density at radius 1 is 1.45 bits per heavy atom. The lowest BCUT2D eigenvalue weighted by Crippen LogP contribution is -2.19. The minimum atomic E-state index is -1.40. The van der Waals surface area contributed by atoms with Crippen molar-refractivity contribution in [3.05, 3.63) is 45.5 Å². The molecule has 0 saturated heterocycles. The molecule has 0 spiro atoms. The van der Waals surface area contributed by atoms with E-state index in [4.69, 9.17) is 5.11 Å². The number of hydrogen-bond acceptors (Lipinski definition) is 2. The van der Waals surface area contributed by atoms with Crippen molar-refractivity contribution in [3.63, 3.8) is 0 Å². The number of nitrogens with zero attached hydrogens (tertiary/aromatic N) is 1. The molecule has 2 aromatic rings. The van der Waals surface area contributed by atoms with Gasteiger partial charge in [-0.3, -0.25) is 4.79 Å². The zero-order valence-corrected chi connectivity index (χ0v) is 10.6. The van der Waals surface area contributed by atoms with Gasteiger partial charge in [0.25, 0.3) is 0 Å². The highest BCUT2D eigenvalue weighted by Crippen LogP contribution is 2.41. The van der Waals surface area contributed by atoms with Crippen molar-refractivity contribution in [2.24, 2.45) is 0 Å². The second-order valence-corrected chi connectivity index (χ2v) is 5.02.